The van der Waals surface area contributed by atoms with Crippen LogP contribution in [0.1, 0.15) is 29.1 Å². The number of ether oxygens (including phenoxy) is 1. The van der Waals surface area contributed by atoms with Gasteiger partial charge in [0, 0.05) is 11.6 Å². The molecule has 2 amide bonds. The Morgan fingerprint density at radius 3 is 2.72 bits per heavy atom. The van der Waals surface area contributed by atoms with Gasteiger partial charge in [-0.25, -0.2) is 4.98 Å². The second-order valence-corrected chi connectivity index (χ2v) is 13.0. The number of hydrogen-bond donors (Lipinski definition) is 0. The number of anilines is 1. The second kappa shape index (κ2) is 10.0. The zero-order chi connectivity index (χ0) is 21.9. The molecule has 9 heteroatoms. The van der Waals surface area contributed by atoms with Crippen LogP contribution in [0.2, 0.25) is 4.71 Å². The van der Waals surface area contributed by atoms with Crippen molar-refractivity contribution in [1.29, 1.82) is 0 Å². The van der Waals surface area contributed by atoms with Gasteiger partial charge in [0.2, 0.25) is 0 Å². The van der Waals surface area contributed by atoms with E-state index in [-0.39, 0.29) is 33.6 Å². The molecule has 1 aromatic heterocycles. The van der Waals surface area contributed by atoms with Gasteiger partial charge in [-0.2, -0.15) is 0 Å². The quantitative estimate of drug-likeness (QED) is 0.562. The maximum atomic E-state index is 12.9. The van der Waals surface area contributed by atoms with Crippen LogP contribution in [0.3, 0.4) is 0 Å². The molecule has 0 spiro atoms. The SMILES string of the molecule is O=C(c1nccs1)N1CCN(C2CC(=O)N(c3cccc([AsH]C4CCOCC4)c3)C2)CC1. The molecule has 4 heterocycles. The van der Waals surface area contributed by atoms with Gasteiger partial charge >= 0.3 is 172 Å². The van der Waals surface area contributed by atoms with Gasteiger partial charge < -0.3 is 0 Å². The average molecular weight is 516 g/mol. The molecule has 0 saturated carbocycles. The normalized spacial score (nSPS) is 23.5. The molecule has 3 aliphatic rings. The molecule has 170 valence electrons. The van der Waals surface area contributed by atoms with Gasteiger partial charge in [0.1, 0.15) is 0 Å². The van der Waals surface area contributed by atoms with E-state index in [1.54, 1.807) is 6.20 Å². The van der Waals surface area contributed by atoms with Crippen molar-refractivity contribution in [3.8, 4) is 0 Å². The van der Waals surface area contributed by atoms with Crippen molar-refractivity contribution in [1.82, 2.24) is 14.8 Å². The fourth-order valence-corrected chi connectivity index (χ4v) is 8.36. The molecule has 3 aliphatic heterocycles. The van der Waals surface area contributed by atoms with Gasteiger partial charge in [-0.1, -0.05) is 0 Å². The van der Waals surface area contributed by atoms with Crippen molar-refractivity contribution in [2.24, 2.45) is 0 Å². The summed E-state index contributed by atoms with van der Waals surface area (Å²) in [4.78, 5) is 35.8. The summed E-state index contributed by atoms with van der Waals surface area (Å²) in [5, 5.41) is 2.40. The molecule has 2 unspecified atom stereocenters. The van der Waals surface area contributed by atoms with E-state index in [2.05, 4.69) is 34.1 Å². The van der Waals surface area contributed by atoms with Crippen LogP contribution < -0.4 is 9.25 Å². The third-order valence-corrected chi connectivity index (χ3v) is 10.8. The number of carbonyl (C=O) groups is 2. The molecule has 32 heavy (non-hydrogen) atoms. The van der Waals surface area contributed by atoms with Gasteiger partial charge in [0.15, 0.2) is 0 Å². The standard InChI is InChI=1S/C23H29AsN4O3S/c29-21-15-20(26-7-9-27(10-8-26)23(30)22-25-6-13-32-22)16-28(21)19-3-1-2-18(14-19)24-17-4-11-31-12-5-17/h1-3,6,13-14,17,20,24H,4-5,7-12,15-16H2. The molecule has 0 radical (unpaired) electrons. The second-order valence-electron chi connectivity index (χ2n) is 8.61. The molecule has 0 N–H and O–H groups in total. The molecule has 5 rings (SSSR count). The van der Waals surface area contributed by atoms with Crippen molar-refractivity contribution in [2.45, 2.75) is 30.0 Å². The zero-order valence-electron chi connectivity index (χ0n) is 18.1. The van der Waals surface area contributed by atoms with E-state index in [4.69, 9.17) is 4.74 Å². The minimum absolute atomic E-state index is 0.0221. The number of piperazine rings is 1. The van der Waals surface area contributed by atoms with Crippen LogP contribution in [0.25, 0.3) is 0 Å². The summed E-state index contributed by atoms with van der Waals surface area (Å²) in [6, 6.07) is 8.88. The number of hydrogen-bond acceptors (Lipinski definition) is 6. The van der Waals surface area contributed by atoms with Crippen LogP contribution in [0, 0.1) is 0 Å². The van der Waals surface area contributed by atoms with Crippen molar-refractivity contribution in [2.75, 3.05) is 50.8 Å². The maximum absolute atomic E-state index is 12.9. The summed E-state index contributed by atoms with van der Waals surface area (Å²) < 4.78 is 7.73. The van der Waals surface area contributed by atoms with E-state index < -0.39 is 0 Å². The summed E-state index contributed by atoms with van der Waals surface area (Å²) >= 11 is 1.17. The Hall–Kier alpha value is -1.73. The molecule has 1 aromatic carbocycles. The molecule has 7 nitrogen and oxygen atoms in total. The summed E-state index contributed by atoms with van der Waals surface area (Å²) in [5.41, 5.74) is 1.04. The van der Waals surface area contributed by atoms with Crippen molar-refractivity contribution >= 4 is 48.9 Å². The Balaban J connectivity index is 1.18. The molecule has 3 saturated heterocycles. The Bertz CT molecular complexity index is 942. The van der Waals surface area contributed by atoms with E-state index in [1.165, 1.54) is 28.5 Å². The van der Waals surface area contributed by atoms with E-state index in [0.717, 1.165) is 43.2 Å². The van der Waals surface area contributed by atoms with Crippen LogP contribution >= 0.6 is 11.3 Å². The number of nitrogens with zero attached hydrogens (tertiary/aromatic N) is 4. The number of benzene rings is 1. The van der Waals surface area contributed by atoms with Crippen molar-refractivity contribution in [3.05, 3.63) is 40.8 Å². The van der Waals surface area contributed by atoms with Gasteiger partial charge in [0.05, 0.1) is 0 Å². The van der Waals surface area contributed by atoms with Crippen LogP contribution in [0.5, 0.6) is 0 Å². The number of amides is 2. The van der Waals surface area contributed by atoms with Crippen LogP contribution in [-0.4, -0.2) is 94.3 Å². The molecular formula is C23H29AsN4O3S. The first kappa shape index (κ1) is 22.1. The van der Waals surface area contributed by atoms with E-state index >= 15 is 0 Å². The number of rotatable bonds is 5. The third-order valence-electron chi connectivity index (χ3n) is 6.59. The topological polar surface area (TPSA) is 66.0 Å². The summed E-state index contributed by atoms with van der Waals surface area (Å²) in [5.74, 6) is 0.230. The predicted molar refractivity (Wildman–Crippen MR) is 127 cm³/mol. The number of aromatic nitrogens is 1. The Morgan fingerprint density at radius 2 is 1.97 bits per heavy atom. The zero-order valence-corrected chi connectivity index (χ0v) is 21.0. The fraction of sp³-hybridized carbons (Fsp3) is 0.522. The average Bonchev–Trinajstić information content (AvgIpc) is 3.50. The van der Waals surface area contributed by atoms with Gasteiger partial charge in [0.25, 0.3) is 0 Å². The first-order valence-electron chi connectivity index (χ1n) is 11.3. The predicted octanol–water partition coefficient (Wildman–Crippen LogP) is 1.37. The monoisotopic (exact) mass is 516 g/mol. The van der Waals surface area contributed by atoms with E-state index in [1.807, 2.05) is 15.2 Å². The molecule has 2 aromatic rings. The Morgan fingerprint density at radius 1 is 1.16 bits per heavy atom. The summed E-state index contributed by atoms with van der Waals surface area (Å²) in [6.07, 6.45) is 4.58. The van der Waals surface area contributed by atoms with E-state index in [0.29, 0.717) is 24.5 Å². The number of carbonyl (C=O) groups excluding carboxylic acids is 2. The molecule has 2 atom stereocenters. The van der Waals surface area contributed by atoms with Gasteiger partial charge in [-0.05, 0) is 0 Å². The van der Waals surface area contributed by atoms with Crippen molar-refractivity contribution in [3.63, 3.8) is 0 Å². The number of thiazole rings is 1. The van der Waals surface area contributed by atoms with E-state index in [9.17, 15) is 9.59 Å². The molecule has 3 fully saturated rings. The van der Waals surface area contributed by atoms with Gasteiger partial charge in [-0.3, -0.25) is 0 Å². The van der Waals surface area contributed by atoms with Crippen molar-refractivity contribution < 1.29 is 14.3 Å². The van der Waals surface area contributed by atoms with Crippen LogP contribution in [-0.2, 0) is 9.53 Å². The summed E-state index contributed by atoms with van der Waals surface area (Å²) in [7, 11) is 0. The van der Waals surface area contributed by atoms with Crippen LogP contribution in [0.15, 0.2) is 35.8 Å². The Labute approximate surface area is 199 Å². The van der Waals surface area contributed by atoms with Crippen LogP contribution in [0.4, 0.5) is 5.69 Å². The summed E-state index contributed by atoms with van der Waals surface area (Å²) in [6.45, 7) is 5.51. The Kier molecular flexibility index (Phi) is 6.93. The molecule has 0 bridgehead atoms. The minimum atomic E-state index is -0.216. The third kappa shape index (κ3) is 4.93. The molecular weight excluding hydrogens is 487 g/mol. The first-order valence-corrected chi connectivity index (χ1v) is 14.5. The first-order chi connectivity index (χ1) is 15.7. The fourth-order valence-electron chi connectivity index (χ4n) is 4.78. The molecule has 0 aliphatic carbocycles. The van der Waals surface area contributed by atoms with Gasteiger partial charge in [-0.15, -0.1) is 11.3 Å².